The normalized spacial score (nSPS) is 16.1. The number of aromatic nitrogens is 2. The summed E-state index contributed by atoms with van der Waals surface area (Å²) in [6.45, 7) is 8.58. The average molecular weight is 295 g/mol. The number of anilines is 2. The number of nitrogens with zero attached hydrogens (tertiary/aromatic N) is 3. The maximum atomic E-state index is 4.60. The van der Waals surface area contributed by atoms with E-state index in [4.69, 9.17) is 0 Å². The van der Waals surface area contributed by atoms with Crippen molar-refractivity contribution in [2.45, 2.75) is 20.3 Å². The molecule has 0 unspecified atom stereocenters. The monoisotopic (exact) mass is 295 g/mol. The number of hydrogen-bond donors (Lipinski definition) is 2. The molecule has 1 aromatic rings. The molecule has 1 saturated heterocycles. The molecule has 0 radical (unpaired) electrons. The van der Waals surface area contributed by atoms with Gasteiger partial charge in [-0.15, -0.1) is 0 Å². The first-order chi connectivity index (χ1) is 9.74. The minimum Gasteiger partial charge on any atom is -0.373 e. The van der Waals surface area contributed by atoms with Crippen LogP contribution in [0.4, 0.5) is 11.6 Å². The fourth-order valence-electron chi connectivity index (χ4n) is 2.29. The molecule has 2 rings (SSSR count). The fourth-order valence-corrected chi connectivity index (χ4v) is 3.27. The molecule has 0 aliphatic carbocycles. The van der Waals surface area contributed by atoms with Crippen molar-refractivity contribution in [1.82, 2.24) is 14.9 Å². The van der Waals surface area contributed by atoms with Crippen molar-refractivity contribution in [3.05, 3.63) is 11.4 Å². The van der Waals surface area contributed by atoms with Gasteiger partial charge < -0.3 is 10.6 Å². The van der Waals surface area contributed by atoms with Crippen LogP contribution >= 0.6 is 11.8 Å². The molecule has 112 valence electrons. The Morgan fingerprint density at radius 2 is 1.90 bits per heavy atom. The smallest absolute Gasteiger partial charge is 0.134 e. The van der Waals surface area contributed by atoms with Crippen molar-refractivity contribution in [1.29, 1.82) is 0 Å². The van der Waals surface area contributed by atoms with E-state index in [1.54, 1.807) is 0 Å². The third-order valence-electron chi connectivity index (χ3n) is 3.57. The summed E-state index contributed by atoms with van der Waals surface area (Å²) in [6, 6.07) is 0. The second kappa shape index (κ2) is 7.69. The lowest BCUT2D eigenvalue weighted by Gasteiger charge is -2.26. The van der Waals surface area contributed by atoms with Crippen molar-refractivity contribution in [2.24, 2.45) is 0 Å². The molecule has 1 aromatic heterocycles. The third-order valence-corrected chi connectivity index (χ3v) is 4.51. The van der Waals surface area contributed by atoms with Gasteiger partial charge in [0.15, 0.2) is 0 Å². The summed E-state index contributed by atoms with van der Waals surface area (Å²) in [5.74, 6) is 5.30. The van der Waals surface area contributed by atoms with E-state index in [2.05, 4.69) is 39.3 Å². The van der Waals surface area contributed by atoms with Gasteiger partial charge in [-0.2, -0.15) is 11.8 Å². The van der Waals surface area contributed by atoms with Crippen LogP contribution in [0.25, 0.3) is 0 Å². The Balaban J connectivity index is 1.94. The third kappa shape index (κ3) is 3.99. The average Bonchev–Trinajstić information content (AvgIpc) is 2.50. The zero-order valence-corrected chi connectivity index (χ0v) is 13.5. The Kier molecular flexibility index (Phi) is 5.91. The van der Waals surface area contributed by atoms with E-state index in [0.717, 1.165) is 42.5 Å². The summed E-state index contributed by atoms with van der Waals surface area (Å²) >= 11 is 2.05. The van der Waals surface area contributed by atoms with Gasteiger partial charge in [-0.3, -0.25) is 4.90 Å². The van der Waals surface area contributed by atoms with E-state index >= 15 is 0 Å². The minimum atomic E-state index is 0.854. The molecule has 0 saturated carbocycles. The quantitative estimate of drug-likeness (QED) is 0.835. The first-order valence-electron chi connectivity index (χ1n) is 7.33. The highest BCUT2D eigenvalue weighted by Gasteiger charge is 2.11. The van der Waals surface area contributed by atoms with E-state index in [9.17, 15) is 0 Å². The molecule has 2 heterocycles. The lowest BCUT2D eigenvalue weighted by atomic mass is 10.3. The van der Waals surface area contributed by atoms with E-state index < -0.39 is 0 Å². The van der Waals surface area contributed by atoms with Gasteiger partial charge in [0.05, 0.1) is 0 Å². The van der Waals surface area contributed by atoms with Crippen LogP contribution in [0.1, 0.15) is 18.3 Å². The Labute approximate surface area is 125 Å². The maximum Gasteiger partial charge on any atom is 0.134 e. The van der Waals surface area contributed by atoms with Gasteiger partial charge in [-0.1, -0.05) is 6.92 Å². The molecule has 0 amide bonds. The Morgan fingerprint density at radius 3 is 2.55 bits per heavy atom. The zero-order valence-electron chi connectivity index (χ0n) is 12.7. The summed E-state index contributed by atoms with van der Waals surface area (Å²) < 4.78 is 0. The van der Waals surface area contributed by atoms with Crippen LogP contribution in [0.5, 0.6) is 0 Å². The fraction of sp³-hybridized carbons (Fsp3) is 0.714. The molecule has 5 nitrogen and oxygen atoms in total. The van der Waals surface area contributed by atoms with Gasteiger partial charge in [0.25, 0.3) is 0 Å². The predicted molar refractivity (Wildman–Crippen MR) is 87.9 cm³/mol. The molecule has 1 aliphatic heterocycles. The summed E-state index contributed by atoms with van der Waals surface area (Å²) in [4.78, 5) is 11.6. The van der Waals surface area contributed by atoms with Crippen molar-refractivity contribution < 1.29 is 0 Å². The van der Waals surface area contributed by atoms with Crippen LogP contribution in [0, 0.1) is 6.92 Å². The number of thioether (sulfide) groups is 1. The molecule has 1 fully saturated rings. The number of hydrogen-bond acceptors (Lipinski definition) is 6. The largest absolute Gasteiger partial charge is 0.373 e. The molecule has 0 aromatic carbocycles. The molecular formula is C14H25N5S. The summed E-state index contributed by atoms with van der Waals surface area (Å²) in [5.41, 5.74) is 1.10. The van der Waals surface area contributed by atoms with E-state index in [0.29, 0.717) is 0 Å². The molecule has 1 aliphatic rings. The minimum absolute atomic E-state index is 0.854. The van der Waals surface area contributed by atoms with Crippen LogP contribution in [0.2, 0.25) is 0 Å². The molecule has 0 spiro atoms. The Morgan fingerprint density at radius 1 is 1.20 bits per heavy atom. The highest BCUT2D eigenvalue weighted by Crippen LogP contribution is 2.19. The van der Waals surface area contributed by atoms with Crippen LogP contribution in [0.15, 0.2) is 0 Å². The van der Waals surface area contributed by atoms with Crippen molar-refractivity contribution in [2.75, 3.05) is 55.4 Å². The lowest BCUT2D eigenvalue weighted by molar-refractivity contribution is 0.314. The van der Waals surface area contributed by atoms with Crippen molar-refractivity contribution >= 4 is 23.4 Å². The van der Waals surface area contributed by atoms with E-state index in [-0.39, 0.29) is 0 Å². The number of rotatable bonds is 6. The highest BCUT2D eigenvalue weighted by molar-refractivity contribution is 7.99. The standard InChI is InChI=1S/C14H25N5S/c1-4-12-17-13(15-3)11(2)14(18-12)16-5-6-19-7-9-20-10-8-19/h4-10H2,1-3H3,(H2,15,16,17,18). The number of aryl methyl sites for hydroxylation is 1. The predicted octanol–water partition coefficient (Wildman–Crippen LogP) is 1.85. The van der Waals surface area contributed by atoms with Gasteiger partial charge in [0, 0.05) is 56.7 Å². The first kappa shape index (κ1) is 15.4. The number of nitrogens with one attached hydrogen (secondary N) is 2. The molecule has 20 heavy (non-hydrogen) atoms. The Hall–Kier alpha value is -1.01. The topological polar surface area (TPSA) is 53.1 Å². The Bertz CT molecular complexity index is 432. The van der Waals surface area contributed by atoms with Gasteiger partial charge in [-0.25, -0.2) is 9.97 Å². The SMILES string of the molecule is CCc1nc(NC)c(C)c(NCCN2CCSCC2)n1. The zero-order chi connectivity index (χ0) is 14.4. The van der Waals surface area contributed by atoms with Crippen LogP contribution in [0.3, 0.4) is 0 Å². The van der Waals surface area contributed by atoms with Gasteiger partial charge in [0.2, 0.25) is 0 Å². The second-order valence-electron chi connectivity index (χ2n) is 4.95. The summed E-state index contributed by atoms with van der Waals surface area (Å²) in [5, 5.41) is 6.62. The second-order valence-corrected chi connectivity index (χ2v) is 6.17. The van der Waals surface area contributed by atoms with E-state index in [1.807, 2.05) is 18.8 Å². The first-order valence-corrected chi connectivity index (χ1v) is 8.49. The highest BCUT2D eigenvalue weighted by atomic mass is 32.2. The van der Waals surface area contributed by atoms with Crippen molar-refractivity contribution in [3.63, 3.8) is 0 Å². The summed E-state index contributed by atoms with van der Waals surface area (Å²) in [7, 11) is 1.91. The van der Waals surface area contributed by atoms with Gasteiger partial charge in [-0.05, 0) is 6.92 Å². The molecular weight excluding hydrogens is 270 g/mol. The van der Waals surface area contributed by atoms with Crippen LogP contribution in [-0.2, 0) is 6.42 Å². The lowest BCUT2D eigenvalue weighted by Crippen LogP contribution is -2.36. The van der Waals surface area contributed by atoms with Crippen LogP contribution in [-0.4, -0.2) is 59.6 Å². The summed E-state index contributed by atoms with van der Waals surface area (Å²) in [6.07, 6.45) is 0.854. The molecule has 6 heteroatoms. The van der Waals surface area contributed by atoms with Gasteiger partial charge >= 0.3 is 0 Å². The maximum absolute atomic E-state index is 4.60. The van der Waals surface area contributed by atoms with Crippen molar-refractivity contribution in [3.8, 4) is 0 Å². The van der Waals surface area contributed by atoms with E-state index in [1.165, 1.54) is 24.6 Å². The molecule has 0 bridgehead atoms. The molecule has 0 atom stereocenters. The molecule has 2 N–H and O–H groups in total. The van der Waals surface area contributed by atoms with Crippen LogP contribution < -0.4 is 10.6 Å². The van der Waals surface area contributed by atoms with Gasteiger partial charge in [0.1, 0.15) is 17.5 Å².